The van der Waals surface area contributed by atoms with Crippen molar-refractivity contribution < 1.29 is 34.4 Å². The summed E-state index contributed by atoms with van der Waals surface area (Å²) in [6, 6.07) is 8.18. The number of anilines is 1. The first-order chi connectivity index (χ1) is 16.1. The number of rotatable bonds is 7. The largest absolute Gasteiger partial charge is 0.479 e. The third-order valence-corrected chi connectivity index (χ3v) is 6.40. The number of benzene rings is 1. The normalized spacial score (nSPS) is 28.1. The zero-order chi connectivity index (χ0) is 24.4. The van der Waals surface area contributed by atoms with Crippen LogP contribution in [0.2, 0.25) is 5.28 Å². The Morgan fingerprint density at radius 3 is 2.50 bits per heavy atom. The summed E-state index contributed by atoms with van der Waals surface area (Å²) in [6.07, 6.45) is -3.84. The predicted octanol–water partition coefficient (Wildman–Crippen LogP) is -0.433. The van der Waals surface area contributed by atoms with Gasteiger partial charge >= 0.3 is 11.9 Å². The van der Waals surface area contributed by atoms with Crippen molar-refractivity contribution in [2.24, 2.45) is 5.73 Å². The molecular weight excluding hydrogens is 472 g/mol. The van der Waals surface area contributed by atoms with Gasteiger partial charge in [0.1, 0.15) is 29.4 Å². The highest BCUT2D eigenvalue weighted by Gasteiger charge is 2.78. The molecule has 2 aliphatic rings. The third kappa shape index (κ3) is 3.13. The molecule has 1 saturated carbocycles. The van der Waals surface area contributed by atoms with E-state index in [1.165, 1.54) is 10.9 Å². The Labute approximate surface area is 195 Å². The van der Waals surface area contributed by atoms with Crippen LogP contribution in [0.5, 0.6) is 0 Å². The number of fused-ring (bicyclic) bond motifs is 2. The Morgan fingerprint density at radius 1 is 1.24 bits per heavy atom. The summed E-state index contributed by atoms with van der Waals surface area (Å²) >= 11 is 5.88. The summed E-state index contributed by atoms with van der Waals surface area (Å²) in [5.41, 5.74) is 8.79. The molecule has 3 heterocycles. The lowest BCUT2D eigenvalue weighted by Crippen LogP contribution is -2.54. The highest BCUT2D eigenvalue weighted by molar-refractivity contribution is 6.28. The number of carboxylic acids is 2. The van der Waals surface area contributed by atoms with E-state index in [4.69, 9.17) is 32.5 Å². The van der Waals surface area contributed by atoms with Gasteiger partial charge in [0, 0.05) is 6.42 Å². The number of hydrogen-bond acceptors (Lipinski definition) is 10. The number of carboxylic acid groups (broad SMARTS) is 2. The number of aliphatic carboxylic acids is 2. The number of hydrogen-bond donors (Lipinski definition) is 5. The van der Waals surface area contributed by atoms with Crippen molar-refractivity contribution in [2.75, 3.05) is 5.73 Å². The van der Waals surface area contributed by atoms with Crippen molar-refractivity contribution in [3.8, 4) is 0 Å². The van der Waals surface area contributed by atoms with Crippen molar-refractivity contribution in [1.29, 1.82) is 0 Å². The van der Waals surface area contributed by atoms with E-state index in [9.17, 15) is 24.9 Å². The standard InChI is InChI=1S/C20H19ClN6O7/c21-18-25-13(22)9-14(26-18)27(7-24-9)15-10(28)20(23)11(33-15)12(20)34-19(16(29)30,17(31)32)6-8-4-2-1-3-5-8/h1-5,7,10-12,15,28H,6,23H2,(H,29,30)(H,31,32)(H2,22,25,26)/t10-,11+,12?,15+,20+/m0/s1. The Morgan fingerprint density at radius 2 is 1.91 bits per heavy atom. The molecule has 2 fully saturated rings. The molecule has 1 aliphatic heterocycles. The molecule has 178 valence electrons. The number of nitrogen functional groups attached to an aromatic ring is 1. The van der Waals surface area contributed by atoms with Crippen LogP contribution in [-0.4, -0.2) is 76.2 Å². The average Bonchev–Trinajstić information content (AvgIpc) is 3.05. The maximum Gasteiger partial charge on any atom is 0.348 e. The minimum atomic E-state index is -2.64. The van der Waals surface area contributed by atoms with Gasteiger partial charge in [-0.2, -0.15) is 9.97 Å². The minimum Gasteiger partial charge on any atom is -0.479 e. The highest BCUT2D eigenvalue weighted by atomic mass is 35.5. The van der Waals surface area contributed by atoms with E-state index in [1.807, 2.05) is 0 Å². The molecule has 14 heteroatoms. The van der Waals surface area contributed by atoms with Gasteiger partial charge in [-0.1, -0.05) is 30.3 Å². The van der Waals surface area contributed by atoms with E-state index in [1.54, 1.807) is 30.3 Å². The zero-order valence-electron chi connectivity index (χ0n) is 17.3. The van der Waals surface area contributed by atoms with E-state index in [0.29, 0.717) is 5.56 Å². The van der Waals surface area contributed by atoms with E-state index >= 15 is 0 Å². The van der Waals surface area contributed by atoms with Gasteiger partial charge in [-0.25, -0.2) is 14.6 Å². The van der Waals surface area contributed by atoms with Crippen molar-refractivity contribution in [1.82, 2.24) is 19.5 Å². The first kappa shape index (κ1) is 22.4. The minimum absolute atomic E-state index is 0.0312. The first-order valence-electron chi connectivity index (χ1n) is 10.1. The second-order valence-electron chi connectivity index (χ2n) is 8.23. The Balaban J connectivity index is 1.42. The van der Waals surface area contributed by atoms with Crippen LogP contribution in [0.25, 0.3) is 11.2 Å². The molecule has 0 spiro atoms. The maximum atomic E-state index is 12.1. The van der Waals surface area contributed by atoms with Gasteiger partial charge in [0.2, 0.25) is 5.28 Å². The number of aromatic nitrogens is 4. The third-order valence-electron chi connectivity index (χ3n) is 6.23. The van der Waals surface area contributed by atoms with Gasteiger partial charge in [-0.15, -0.1) is 0 Å². The number of aliphatic hydroxyl groups excluding tert-OH is 1. The van der Waals surface area contributed by atoms with E-state index in [-0.39, 0.29) is 22.3 Å². The summed E-state index contributed by atoms with van der Waals surface area (Å²) in [6.45, 7) is 0. The van der Waals surface area contributed by atoms with Crippen molar-refractivity contribution in [3.05, 3.63) is 47.5 Å². The number of nitrogens with zero attached hydrogens (tertiary/aromatic N) is 4. The Kier molecular flexibility index (Phi) is 5.00. The zero-order valence-corrected chi connectivity index (χ0v) is 18.0. The molecule has 3 aromatic rings. The number of aliphatic hydroxyl groups is 1. The molecule has 1 aromatic carbocycles. The van der Waals surface area contributed by atoms with E-state index in [2.05, 4.69) is 15.0 Å². The van der Waals surface area contributed by atoms with Crippen LogP contribution < -0.4 is 11.5 Å². The summed E-state index contributed by atoms with van der Waals surface area (Å²) in [7, 11) is 0. The molecule has 0 amide bonds. The fourth-order valence-electron chi connectivity index (χ4n) is 4.32. The van der Waals surface area contributed by atoms with E-state index < -0.39 is 54.0 Å². The van der Waals surface area contributed by atoms with Crippen LogP contribution in [0.1, 0.15) is 11.8 Å². The molecule has 2 aromatic heterocycles. The molecule has 0 bridgehead atoms. The molecular formula is C20H19ClN6O7. The van der Waals surface area contributed by atoms with Gasteiger partial charge in [-0.3, -0.25) is 4.57 Å². The van der Waals surface area contributed by atoms with Gasteiger partial charge in [0.05, 0.1) is 6.33 Å². The Bertz CT molecular complexity index is 1290. The van der Waals surface area contributed by atoms with Crippen LogP contribution in [0.3, 0.4) is 0 Å². The maximum absolute atomic E-state index is 12.1. The summed E-state index contributed by atoms with van der Waals surface area (Å²) in [5, 5.41) is 30.5. The summed E-state index contributed by atoms with van der Waals surface area (Å²) < 4.78 is 12.8. The van der Waals surface area contributed by atoms with Crippen LogP contribution in [0, 0.1) is 0 Å². The number of halogens is 1. The molecule has 13 nitrogen and oxygen atoms in total. The van der Waals surface area contributed by atoms with Gasteiger partial charge in [0.15, 0.2) is 17.7 Å². The molecule has 1 saturated heterocycles. The predicted molar refractivity (Wildman–Crippen MR) is 115 cm³/mol. The fraction of sp³-hybridized carbons (Fsp3) is 0.350. The molecule has 0 radical (unpaired) electrons. The van der Waals surface area contributed by atoms with Crippen LogP contribution >= 0.6 is 11.6 Å². The summed E-state index contributed by atoms with van der Waals surface area (Å²) in [5.74, 6) is -3.37. The van der Waals surface area contributed by atoms with Crippen LogP contribution in [0.4, 0.5) is 5.82 Å². The van der Waals surface area contributed by atoms with Gasteiger partial charge < -0.3 is 36.3 Å². The summed E-state index contributed by atoms with van der Waals surface area (Å²) in [4.78, 5) is 36.2. The lowest BCUT2D eigenvalue weighted by molar-refractivity contribution is -0.192. The number of imidazole rings is 1. The SMILES string of the molecule is Nc1nc(Cl)nc2c1ncn2[C@@H]1O[C@@H]2C(OC(Cc3ccccc3)(C(=O)O)C(=O)O)[C@@]2(N)[C@H]1O. The number of nitrogens with two attached hydrogens (primary N) is 2. The smallest absolute Gasteiger partial charge is 0.348 e. The van der Waals surface area contributed by atoms with Crippen molar-refractivity contribution in [3.63, 3.8) is 0 Å². The monoisotopic (exact) mass is 490 g/mol. The van der Waals surface area contributed by atoms with Crippen LogP contribution in [-0.2, 0) is 25.5 Å². The molecule has 34 heavy (non-hydrogen) atoms. The lowest BCUT2D eigenvalue weighted by Gasteiger charge is -2.29. The molecule has 7 N–H and O–H groups in total. The molecule has 1 unspecified atom stereocenters. The van der Waals surface area contributed by atoms with Crippen molar-refractivity contribution in [2.45, 2.75) is 42.1 Å². The first-order valence-corrected chi connectivity index (χ1v) is 10.4. The van der Waals surface area contributed by atoms with Crippen molar-refractivity contribution >= 4 is 40.5 Å². The number of ether oxygens (including phenoxy) is 2. The van der Waals surface area contributed by atoms with Gasteiger partial charge in [-0.05, 0) is 17.2 Å². The molecule has 1 aliphatic carbocycles. The average molecular weight is 491 g/mol. The second kappa shape index (κ2) is 7.58. The molecule has 5 rings (SSSR count). The molecule has 5 atom stereocenters. The van der Waals surface area contributed by atoms with E-state index in [0.717, 1.165) is 0 Å². The van der Waals surface area contributed by atoms with Gasteiger partial charge in [0.25, 0.3) is 5.60 Å². The number of carbonyl (C=O) groups is 2. The fourth-order valence-corrected chi connectivity index (χ4v) is 4.49. The Hall–Kier alpha value is -3.36. The topological polar surface area (TPSA) is 209 Å². The second-order valence-corrected chi connectivity index (χ2v) is 8.57. The highest BCUT2D eigenvalue weighted by Crippen LogP contribution is 2.55. The quantitative estimate of drug-likeness (QED) is 0.211. The van der Waals surface area contributed by atoms with Crippen LogP contribution in [0.15, 0.2) is 36.7 Å². The lowest BCUT2D eigenvalue weighted by atomic mass is 9.94.